The Kier molecular flexibility index (Phi) is 4.95. The lowest BCUT2D eigenvalue weighted by molar-refractivity contribution is 0.0934. The van der Waals surface area contributed by atoms with Crippen molar-refractivity contribution in [2.45, 2.75) is 26.8 Å². The molecule has 29 heavy (non-hydrogen) atoms. The van der Waals surface area contributed by atoms with Crippen molar-refractivity contribution in [3.05, 3.63) is 83.6 Å². The first-order valence-corrected chi connectivity index (χ1v) is 9.43. The number of aromatic nitrogens is 5. The van der Waals surface area contributed by atoms with Gasteiger partial charge in [-0.1, -0.05) is 36.4 Å². The molecule has 1 unspecified atom stereocenters. The molecule has 7 nitrogen and oxygen atoms in total. The molecule has 0 aliphatic rings. The van der Waals surface area contributed by atoms with Crippen LogP contribution in [0.2, 0.25) is 0 Å². The first-order valence-electron chi connectivity index (χ1n) is 9.43. The standard InChI is InChI=1S/C22H22N6O/c1-14(18-13-24-28(16(18)3)19-11-7-8-12-23-19)26-22(29)20-15(2)25-21(27-20)17-9-5-4-6-10-17/h4-14H,1-3H3,(H,25,27)(H,26,29). The summed E-state index contributed by atoms with van der Waals surface area (Å²) in [5.74, 6) is 1.20. The molecule has 4 aromatic rings. The monoisotopic (exact) mass is 386 g/mol. The van der Waals surface area contributed by atoms with Crippen LogP contribution in [0.15, 0.2) is 60.9 Å². The van der Waals surface area contributed by atoms with Crippen LogP contribution < -0.4 is 5.32 Å². The summed E-state index contributed by atoms with van der Waals surface area (Å²) in [6, 6.07) is 15.2. The fourth-order valence-electron chi connectivity index (χ4n) is 3.31. The van der Waals surface area contributed by atoms with E-state index in [1.165, 1.54) is 0 Å². The molecule has 0 spiro atoms. The lowest BCUT2D eigenvalue weighted by Crippen LogP contribution is -2.27. The van der Waals surface area contributed by atoms with Gasteiger partial charge < -0.3 is 10.3 Å². The van der Waals surface area contributed by atoms with E-state index in [1.807, 2.05) is 69.3 Å². The van der Waals surface area contributed by atoms with Crippen molar-refractivity contribution in [2.75, 3.05) is 0 Å². The maximum Gasteiger partial charge on any atom is 0.272 e. The van der Waals surface area contributed by atoms with Crippen molar-refractivity contribution >= 4 is 5.91 Å². The van der Waals surface area contributed by atoms with Crippen LogP contribution in [0.5, 0.6) is 0 Å². The Morgan fingerprint density at radius 2 is 1.86 bits per heavy atom. The maximum absolute atomic E-state index is 12.8. The number of nitrogens with zero attached hydrogens (tertiary/aromatic N) is 4. The minimum atomic E-state index is -0.226. The van der Waals surface area contributed by atoms with Crippen LogP contribution in [0, 0.1) is 13.8 Å². The third-order valence-corrected chi connectivity index (χ3v) is 4.88. The minimum absolute atomic E-state index is 0.224. The predicted octanol–water partition coefficient (Wildman–Crippen LogP) is 3.77. The Labute approximate surface area is 168 Å². The van der Waals surface area contributed by atoms with Crippen molar-refractivity contribution in [1.29, 1.82) is 0 Å². The number of carbonyl (C=O) groups is 1. The van der Waals surface area contributed by atoms with Crippen molar-refractivity contribution in [3.63, 3.8) is 0 Å². The van der Waals surface area contributed by atoms with Gasteiger partial charge in [0.05, 0.1) is 12.2 Å². The fraction of sp³-hybridized carbons (Fsp3) is 0.182. The van der Waals surface area contributed by atoms with Gasteiger partial charge in [0.1, 0.15) is 11.5 Å². The Bertz CT molecular complexity index is 1130. The largest absolute Gasteiger partial charge is 0.344 e. The van der Waals surface area contributed by atoms with Crippen molar-refractivity contribution < 1.29 is 4.79 Å². The quantitative estimate of drug-likeness (QED) is 0.546. The summed E-state index contributed by atoms with van der Waals surface area (Å²) in [7, 11) is 0. The lowest BCUT2D eigenvalue weighted by atomic mass is 10.1. The molecule has 0 aliphatic carbocycles. The second kappa shape index (κ2) is 7.71. The highest BCUT2D eigenvalue weighted by Crippen LogP contribution is 2.21. The number of hydrogen-bond donors (Lipinski definition) is 2. The Morgan fingerprint density at radius 3 is 2.59 bits per heavy atom. The highest BCUT2D eigenvalue weighted by molar-refractivity contribution is 5.94. The van der Waals surface area contributed by atoms with Crippen LogP contribution in [-0.2, 0) is 0 Å². The van der Waals surface area contributed by atoms with Crippen LogP contribution in [0.25, 0.3) is 17.2 Å². The van der Waals surface area contributed by atoms with E-state index in [1.54, 1.807) is 17.1 Å². The summed E-state index contributed by atoms with van der Waals surface area (Å²) in [4.78, 5) is 24.9. The zero-order chi connectivity index (χ0) is 20.4. The van der Waals surface area contributed by atoms with Crippen LogP contribution in [0.3, 0.4) is 0 Å². The predicted molar refractivity (Wildman–Crippen MR) is 111 cm³/mol. The second-order valence-corrected chi connectivity index (χ2v) is 6.91. The molecule has 2 N–H and O–H groups in total. The Balaban J connectivity index is 1.54. The highest BCUT2D eigenvalue weighted by Gasteiger charge is 2.21. The minimum Gasteiger partial charge on any atom is -0.344 e. The first-order chi connectivity index (χ1) is 14.0. The third kappa shape index (κ3) is 3.67. The molecule has 1 amide bonds. The van der Waals surface area contributed by atoms with Gasteiger partial charge in [0.2, 0.25) is 0 Å². The third-order valence-electron chi connectivity index (χ3n) is 4.88. The number of hydrogen-bond acceptors (Lipinski definition) is 4. The first kappa shape index (κ1) is 18.6. The van der Waals surface area contributed by atoms with E-state index in [-0.39, 0.29) is 11.9 Å². The van der Waals surface area contributed by atoms with Crippen molar-refractivity contribution in [2.24, 2.45) is 0 Å². The Morgan fingerprint density at radius 1 is 1.10 bits per heavy atom. The van der Waals surface area contributed by atoms with Gasteiger partial charge in [-0.3, -0.25) is 4.79 Å². The van der Waals surface area contributed by atoms with E-state index in [2.05, 4.69) is 25.4 Å². The number of nitrogens with one attached hydrogen (secondary N) is 2. The van der Waals surface area contributed by atoms with Gasteiger partial charge in [-0.15, -0.1) is 0 Å². The SMILES string of the molecule is Cc1[nH]c(-c2ccccc2)nc1C(=O)NC(C)c1cnn(-c2ccccn2)c1C. The van der Waals surface area contributed by atoms with Gasteiger partial charge in [0.25, 0.3) is 5.91 Å². The molecule has 1 aromatic carbocycles. The second-order valence-electron chi connectivity index (χ2n) is 6.91. The van der Waals surface area contributed by atoms with Gasteiger partial charge in [0.15, 0.2) is 5.82 Å². The summed E-state index contributed by atoms with van der Waals surface area (Å²) in [6.45, 7) is 5.75. The van der Waals surface area contributed by atoms with Crippen LogP contribution in [0.4, 0.5) is 0 Å². The van der Waals surface area contributed by atoms with E-state index in [0.717, 1.165) is 28.3 Å². The molecule has 0 saturated heterocycles. The Hall–Kier alpha value is -3.74. The van der Waals surface area contributed by atoms with Crippen molar-refractivity contribution in [3.8, 4) is 17.2 Å². The number of carbonyl (C=O) groups excluding carboxylic acids is 1. The molecule has 0 aliphatic heterocycles. The summed E-state index contributed by atoms with van der Waals surface area (Å²) in [6.07, 6.45) is 3.49. The number of pyridine rings is 1. The zero-order valence-corrected chi connectivity index (χ0v) is 16.5. The topological polar surface area (TPSA) is 88.5 Å². The molecule has 3 heterocycles. The number of aryl methyl sites for hydroxylation is 1. The average Bonchev–Trinajstić information content (AvgIpc) is 3.32. The maximum atomic E-state index is 12.8. The highest BCUT2D eigenvalue weighted by atomic mass is 16.2. The number of imidazole rings is 1. The molecular formula is C22H22N6O. The zero-order valence-electron chi connectivity index (χ0n) is 16.5. The van der Waals surface area contributed by atoms with Gasteiger partial charge in [-0.25, -0.2) is 14.6 Å². The molecule has 1 atom stereocenters. The molecule has 0 saturated carbocycles. The summed E-state index contributed by atoms with van der Waals surface area (Å²) in [5.41, 5.74) is 3.93. The normalized spacial score (nSPS) is 12.0. The molecular weight excluding hydrogens is 364 g/mol. The lowest BCUT2D eigenvalue weighted by Gasteiger charge is -2.13. The van der Waals surface area contributed by atoms with Crippen LogP contribution in [0.1, 0.15) is 40.4 Å². The molecule has 0 fully saturated rings. The van der Waals surface area contributed by atoms with Gasteiger partial charge in [0, 0.05) is 28.7 Å². The van der Waals surface area contributed by atoms with Gasteiger partial charge >= 0.3 is 0 Å². The molecule has 3 aromatic heterocycles. The molecule has 0 radical (unpaired) electrons. The summed E-state index contributed by atoms with van der Waals surface area (Å²) >= 11 is 0. The van der Waals surface area contributed by atoms with Crippen molar-refractivity contribution in [1.82, 2.24) is 30.0 Å². The number of aromatic amines is 1. The number of amides is 1. The number of benzene rings is 1. The number of H-pyrrole nitrogens is 1. The van der Waals surface area contributed by atoms with E-state index in [4.69, 9.17) is 0 Å². The van der Waals surface area contributed by atoms with Gasteiger partial charge in [-0.05, 0) is 32.9 Å². The molecule has 146 valence electrons. The summed E-state index contributed by atoms with van der Waals surface area (Å²) in [5, 5.41) is 7.46. The van der Waals surface area contributed by atoms with E-state index >= 15 is 0 Å². The fourth-order valence-corrected chi connectivity index (χ4v) is 3.31. The smallest absolute Gasteiger partial charge is 0.272 e. The molecule has 0 bridgehead atoms. The molecule has 4 rings (SSSR count). The van der Waals surface area contributed by atoms with E-state index in [9.17, 15) is 4.79 Å². The van der Waals surface area contributed by atoms with E-state index < -0.39 is 0 Å². The average molecular weight is 386 g/mol. The van der Waals surface area contributed by atoms with E-state index in [0.29, 0.717) is 11.5 Å². The summed E-state index contributed by atoms with van der Waals surface area (Å²) < 4.78 is 1.77. The van der Waals surface area contributed by atoms with Crippen LogP contribution >= 0.6 is 0 Å². The molecule has 7 heteroatoms. The number of rotatable bonds is 5. The van der Waals surface area contributed by atoms with Gasteiger partial charge in [-0.2, -0.15) is 5.10 Å². The van der Waals surface area contributed by atoms with Crippen LogP contribution in [-0.4, -0.2) is 30.6 Å².